The van der Waals surface area contributed by atoms with Gasteiger partial charge in [-0.15, -0.1) is 0 Å². The second-order valence-corrected chi connectivity index (χ2v) is 6.89. The van der Waals surface area contributed by atoms with Crippen molar-refractivity contribution in [3.8, 4) is 28.5 Å². The second-order valence-electron chi connectivity index (χ2n) is 6.89. The lowest BCUT2D eigenvalue weighted by atomic mass is 10.0. The molecule has 0 spiro atoms. The maximum atomic E-state index is 11.3. The number of ether oxygens (including phenoxy) is 1. The molecule has 7 heteroatoms. The van der Waals surface area contributed by atoms with Gasteiger partial charge in [0.15, 0.2) is 0 Å². The molecule has 0 aliphatic carbocycles. The molecule has 0 aliphatic heterocycles. The number of aromatic amines is 2. The molecule has 148 valence electrons. The molecule has 0 bridgehead atoms. The van der Waals surface area contributed by atoms with Gasteiger partial charge < -0.3 is 9.72 Å². The van der Waals surface area contributed by atoms with E-state index in [0.29, 0.717) is 17.9 Å². The molecular weight excluding hydrogens is 380 g/mol. The standard InChI is InChI=1S/C23H18N4O3/c1-29-16-10-11-17-18(21(25-20(17)13-16)14-6-3-2-4-7-14)12-15-8-5-9-19(24-15)22-26-23(28)30-27-22/h2-11,13,25H,12H2,1H3,(H,26,27,28). The highest BCUT2D eigenvalue weighted by Gasteiger charge is 2.16. The van der Waals surface area contributed by atoms with Crippen molar-refractivity contribution in [2.45, 2.75) is 6.42 Å². The van der Waals surface area contributed by atoms with Crippen molar-refractivity contribution in [1.29, 1.82) is 0 Å². The van der Waals surface area contributed by atoms with Gasteiger partial charge >= 0.3 is 5.76 Å². The first kappa shape index (κ1) is 17.9. The molecule has 0 unspecified atom stereocenters. The number of nitrogens with one attached hydrogen (secondary N) is 2. The Morgan fingerprint density at radius 3 is 2.63 bits per heavy atom. The molecule has 0 radical (unpaired) electrons. The van der Waals surface area contributed by atoms with Crippen molar-refractivity contribution in [1.82, 2.24) is 20.1 Å². The van der Waals surface area contributed by atoms with Gasteiger partial charge in [0, 0.05) is 29.1 Å². The highest BCUT2D eigenvalue weighted by molar-refractivity contribution is 5.92. The van der Waals surface area contributed by atoms with Gasteiger partial charge in [-0.1, -0.05) is 41.6 Å². The second kappa shape index (κ2) is 7.36. The Hall–Kier alpha value is -4.13. The van der Waals surface area contributed by atoms with Crippen LogP contribution in [0, 0.1) is 0 Å². The number of aromatic nitrogens is 4. The minimum Gasteiger partial charge on any atom is -0.497 e. The molecule has 2 aromatic carbocycles. The summed E-state index contributed by atoms with van der Waals surface area (Å²) in [6.07, 6.45) is 0.604. The van der Waals surface area contributed by atoms with E-state index in [9.17, 15) is 4.79 Å². The molecule has 0 saturated carbocycles. The molecule has 0 aliphatic rings. The summed E-state index contributed by atoms with van der Waals surface area (Å²) in [7, 11) is 1.66. The predicted molar refractivity (Wildman–Crippen MR) is 113 cm³/mol. The number of hydrogen-bond acceptors (Lipinski definition) is 5. The molecule has 0 atom stereocenters. The molecule has 0 fully saturated rings. The van der Waals surface area contributed by atoms with Crippen molar-refractivity contribution < 1.29 is 9.26 Å². The number of fused-ring (bicyclic) bond motifs is 1. The molecule has 5 aromatic rings. The fraction of sp³-hybridized carbons (Fsp3) is 0.0870. The fourth-order valence-electron chi connectivity index (χ4n) is 3.63. The summed E-state index contributed by atoms with van der Waals surface area (Å²) in [4.78, 5) is 22.0. The Morgan fingerprint density at radius 1 is 1.00 bits per heavy atom. The lowest BCUT2D eigenvalue weighted by Crippen LogP contribution is -1.98. The van der Waals surface area contributed by atoms with Gasteiger partial charge in [0.05, 0.1) is 12.8 Å². The zero-order valence-electron chi connectivity index (χ0n) is 16.2. The van der Waals surface area contributed by atoms with Gasteiger partial charge in [-0.3, -0.25) is 9.51 Å². The Balaban J connectivity index is 1.62. The Labute approximate surface area is 171 Å². The Bertz CT molecular complexity index is 1380. The first-order valence-electron chi connectivity index (χ1n) is 9.47. The van der Waals surface area contributed by atoms with Gasteiger partial charge in [-0.05, 0) is 35.4 Å². The summed E-state index contributed by atoms with van der Waals surface area (Å²) in [5.41, 5.74) is 5.68. The quantitative estimate of drug-likeness (QED) is 0.463. The fourth-order valence-corrected chi connectivity index (χ4v) is 3.63. The summed E-state index contributed by atoms with van der Waals surface area (Å²) < 4.78 is 9.99. The molecule has 3 heterocycles. The molecule has 30 heavy (non-hydrogen) atoms. The number of H-pyrrole nitrogens is 2. The highest BCUT2D eigenvalue weighted by Crippen LogP contribution is 2.33. The average molecular weight is 398 g/mol. The summed E-state index contributed by atoms with van der Waals surface area (Å²) in [6, 6.07) is 21.8. The van der Waals surface area contributed by atoms with Crippen molar-refractivity contribution in [3.05, 3.63) is 88.5 Å². The summed E-state index contributed by atoms with van der Waals surface area (Å²) >= 11 is 0. The molecule has 0 saturated heterocycles. The minimum absolute atomic E-state index is 0.314. The SMILES string of the molecule is COc1ccc2c(Cc3cccc(-c4noc(=O)[nH]4)n3)c(-c3ccccc3)[nH]c2c1. The van der Waals surface area contributed by atoms with E-state index in [1.165, 1.54) is 0 Å². The lowest BCUT2D eigenvalue weighted by molar-refractivity contribution is 0.387. The van der Waals surface area contributed by atoms with Gasteiger partial charge in [0.2, 0.25) is 5.82 Å². The van der Waals surface area contributed by atoms with Crippen molar-refractivity contribution >= 4 is 10.9 Å². The normalized spacial score (nSPS) is 11.1. The molecule has 3 aromatic heterocycles. The number of hydrogen-bond donors (Lipinski definition) is 2. The molecule has 7 nitrogen and oxygen atoms in total. The summed E-state index contributed by atoms with van der Waals surface area (Å²) in [5, 5.41) is 4.84. The third-order valence-electron chi connectivity index (χ3n) is 5.02. The minimum atomic E-state index is -0.603. The van der Waals surface area contributed by atoms with E-state index in [1.54, 1.807) is 13.2 Å². The largest absolute Gasteiger partial charge is 0.497 e. The Kier molecular flexibility index (Phi) is 4.40. The van der Waals surface area contributed by atoms with Crippen LogP contribution >= 0.6 is 0 Å². The van der Waals surface area contributed by atoms with Crippen molar-refractivity contribution in [3.63, 3.8) is 0 Å². The third kappa shape index (κ3) is 3.26. The number of pyridine rings is 1. The van der Waals surface area contributed by atoms with Crippen LogP contribution in [-0.4, -0.2) is 27.2 Å². The van der Waals surface area contributed by atoms with Crippen LogP contribution in [0.15, 0.2) is 76.0 Å². The maximum Gasteiger partial charge on any atom is 0.439 e. The van der Waals surface area contributed by atoms with E-state index < -0.39 is 5.76 Å². The van der Waals surface area contributed by atoms with Gasteiger partial charge in [-0.2, -0.15) is 0 Å². The summed E-state index contributed by atoms with van der Waals surface area (Å²) in [5.74, 6) is 0.507. The topological polar surface area (TPSA) is 96.8 Å². The van der Waals surface area contributed by atoms with E-state index in [1.807, 2.05) is 42.5 Å². The summed E-state index contributed by atoms with van der Waals surface area (Å²) in [6.45, 7) is 0. The van der Waals surface area contributed by atoms with E-state index in [2.05, 4.69) is 42.8 Å². The van der Waals surface area contributed by atoms with Crippen LogP contribution in [0.4, 0.5) is 0 Å². The number of benzene rings is 2. The number of methoxy groups -OCH3 is 1. The van der Waals surface area contributed by atoms with Gasteiger partial charge in [0.25, 0.3) is 0 Å². The van der Waals surface area contributed by atoms with Crippen LogP contribution in [0.2, 0.25) is 0 Å². The zero-order valence-corrected chi connectivity index (χ0v) is 16.2. The number of nitrogens with zero attached hydrogens (tertiary/aromatic N) is 2. The lowest BCUT2D eigenvalue weighted by Gasteiger charge is -2.06. The first-order valence-corrected chi connectivity index (χ1v) is 9.47. The predicted octanol–water partition coefficient (Wildman–Crippen LogP) is 4.17. The number of rotatable bonds is 5. The van der Waals surface area contributed by atoms with E-state index in [4.69, 9.17) is 4.74 Å². The third-order valence-corrected chi connectivity index (χ3v) is 5.02. The molecule has 5 rings (SSSR count). The van der Waals surface area contributed by atoms with Crippen LogP contribution in [0.1, 0.15) is 11.3 Å². The van der Waals surface area contributed by atoms with Crippen LogP contribution in [0.5, 0.6) is 5.75 Å². The zero-order chi connectivity index (χ0) is 20.5. The highest BCUT2D eigenvalue weighted by atomic mass is 16.5. The van der Waals surface area contributed by atoms with Gasteiger partial charge in [0.1, 0.15) is 11.4 Å². The van der Waals surface area contributed by atoms with Crippen LogP contribution in [0.25, 0.3) is 33.7 Å². The molecule has 0 amide bonds. The van der Waals surface area contributed by atoms with Crippen LogP contribution < -0.4 is 10.5 Å². The van der Waals surface area contributed by atoms with E-state index >= 15 is 0 Å². The van der Waals surface area contributed by atoms with Crippen molar-refractivity contribution in [2.24, 2.45) is 0 Å². The average Bonchev–Trinajstić information content (AvgIpc) is 3.38. The molecule has 2 N–H and O–H groups in total. The van der Waals surface area contributed by atoms with E-state index in [-0.39, 0.29) is 0 Å². The Morgan fingerprint density at radius 2 is 1.87 bits per heavy atom. The van der Waals surface area contributed by atoms with Crippen LogP contribution in [0.3, 0.4) is 0 Å². The first-order chi connectivity index (χ1) is 14.7. The maximum absolute atomic E-state index is 11.3. The molecular formula is C23H18N4O3. The van der Waals surface area contributed by atoms with E-state index in [0.717, 1.165) is 39.2 Å². The van der Waals surface area contributed by atoms with Crippen LogP contribution in [-0.2, 0) is 6.42 Å². The van der Waals surface area contributed by atoms with Gasteiger partial charge in [-0.25, -0.2) is 9.78 Å². The smallest absolute Gasteiger partial charge is 0.439 e. The monoisotopic (exact) mass is 398 g/mol. The van der Waals surface area contributed by atoms with Crippen molar-refractivity contribution in [2.75, 3.05) is 7.11 Å².